The molecule has 0 spiro atoms. The molecule has 0 saturated carbocycles. The second kappa shape index (κ2) is 6.78. The van der Waals surface area contributed by atoms with Crippen molar-refractivity contribution in [3.63, 3.8) is 0 Å². The highest BCUT2D eigenvalue weighted by Gasteiger charge is 2.36. The number of barbiturate groups is 1. The summed E-state index contributed by atoms with van der Waals surface area (Å²) in [6, 6.07) is 12.2. The van der Waals surface area contributed by atoms with Crippen molar-refractivity contribution in [2.75, 3.05) is 12.0 Å². The average Bonchev–Trinajstić information content (AvgIpc) is 2.60. The Morgan fingerprint density at radius 1 is 1.08 bits per heavy atom. The minimum atomic E-state index is -0.805. The van der Waals surface area contributed by atoms with E-state index in [1.54, 1.807) is 36.4 Å². The molecule has 2 aromatic carbocycles. The number of benzene rings is 2. The maximum atomic E-state index is 12.7. The Bertz CT molecular complexity index is 890. The predicted octanol–water partition coefficient (Wildman–Crippen LogP) is 3.02. The average molecular weight is 357 g/mol. The molecule has 1 N–H and O–H groups in total. The molecule has 2 aromatic rings. The number of anilines is 1. The van der Waals surface area contributed by atoms with Gasteiger partial charge < -0.3 is 4.74 Å². The third-order valence-electron chi connectivity index (χ3n) is 3.59. The highest BCUT2D eigenvalue weighted by atomic mass is 35.5. The van der Waals surface area contributed by atoms with Crippen LogP contribution in [-0.4, -0.2) is 25.0 Å². The lowest BCUT2D eigenvalue weighted by Gasteiger charge is -2.26. The van der Waals surface area contributed by atoms with Crippen molar-refractivity contribution in [3.8, 4) is 5.75 Å². The minimum Gasteiger partial charge on any atom is -0.497 e. The summed E-state index contributed by atoms with van der Waals surface area (Å²) in [5.74, 6) is -0.870. The summed E-state index contributed by atoms with van der Waals surface area (Å²) in [5.41, 5.74) is 0.766. The predicted molar refractivity (Wildman–Crippen MR) is 93.4 cm³/mol. The molecule has 0 unspecified atom stereocenters. The van der Waals surface area contributed by atoms with Crippen molar-refractivity contribution in [2.45, 2.75) is 0 Å². The molecule has 126 valence electrons. The third kappa shape index (κ3) is 3.39. The summed E-state index contributed by atoms with van der Waals surface area (Å²) in [7, 11) is 1.52. The molecule has 0 radical (unpaired) electrons. The molecule has 1 aliphatic rings. The second-order valence-electron chi connectivity index (χ2n) is 5.21. The van der Waals surface area contributed by atoms with Gasteiger partial charge in [0.05, 0.1) is 12.8 Å². The second-order valence-corrected chi connectivity index (χ2v) is 5.65. The van der Waals surface area contributed by atoms with E-state index < -0.39 is 17.8 Å². The molecule has 1 heterocycles. The van der Waals surface area contributed by atoms with E-state index in [4.69, 9.17) is 16.3 Å². The van der Waals surface area contributed by atoms with Crippen molar-refractivity contribution in [3.05, 3.63) is 64.7 Å². The topological polar surface area (TPSA) is 75.7 Å². The first-order chi connectivity index (χ1) is 12.0. The van der Waals surface area contributed by atoms with Crippen LogP contribution in [-0.2, 0) is 9.59 Å². The van der Waals surface area contributed by atoms with Gasteiger partial charge >= 0.3 is 6.03 Å². The lowest BCUT2D eigenvalue weighted by atomic mass is 10.1. The van der Waals surface area contributed by atoms with Gasteiger partial charge in [-0.1, -0.05) is 23.7 Å². The number of nitrogens with zero attached hydrogens (tertiary/aromatic N) is 1. The minimum absolute atomic E-state index is 0.150. The molecule has 1 saturated heterocycles. The van der Waals surface area contributed by atoms with Gasteiger partial charge in [0.1, 0.15) is 11.3 Å². The van der Waals surface area contributed by atoms with E-state index in [-0.39, 0.29) is 5.57 Å². The van der Waals surface area contributed by atoms with Crippen LogP contribution in [0.4, 0.5) is 10.5 Å². The van der Waals surface area contributed by atoms with Crippen molar-refractivity contribution < 1.29 is 19.1 Å². The molecule has 3 rings (SSSR count). The molecule has 1 fully saturated rings. The molecule has 7 heteroatoms. The molecule has 0 aromatic heterocycles. The number of rotatable bonds is 3. The zero-order chi connectivity index (χ0) is 18.0. The van der Waals surface area contributed by atoms with Gasteiger partial charge in [-0.25, -0.2) is 9.69 Å². The van der Waals surface area contributed by atoms with E-state index in [0.717, 1.165) is 4.90 Å². The maximum Gasteiger partial charge on any atom is 0.335 e. The van der Waals surface area contributed by atoms with Gasteiger partial charge in [0.25, 0.3) is 11.8 Å². The SMILES string of the molecule is COc1cccc(/C=C2\C(=O)NC(=O)N(c3ccc(Cl)cc3)C2=O)c1. The fraction of sp³-hybridized carbons (Fsp3) is 0.0556. The summed E-state index contributed by atoms with van der Waals surface area (Å²) in [5, 5.41) is 2.64. The van der Waals surface area contributed by atoms with Gasteiger partial charge in [-0.2, -0.15) is 0 Å². The Morgan fingerprint density at radius 3 is 2.48 bits per heavy atom. The molecular formula is C18H13ClN2O4. The first-order valence-corrected chi connectivity index (χ1v) is 7.68. The van der Waals surface area contributed by atoms with Gasteiger partial charge in [-0.3, -0.25) is 14.9 Å². The van der Waals surface area contributed by atoms with Gasteiger partial charge in [0.2, 0.25) is 0 Å². The molecule has 25 heavy (non-hydrogen) atoms. The number of hydrogen-bond donors (Lipinski definition) is 1. The number of carbonyl (C=O) groups excluding carboxylic acids is 3. The van der Waals surface area contributed by atoms with E-state index in [1.165, 1.54) is 25.3 Å². The van der Waals surface area contributed by atoms with Crippen molar-refractivity contribution >= 4 is 41.2 Å². The Hall–Kier alpha value is -3.12. The van der Waals surface area contributed by atoms with E-state index in [0.29, 0.717) is 22.0 Å². The summed E-state index contributed by atoms with van der Waals surface area (Å²) in [6.45, 7) is 0. The van der Waals surface area contributed by atoms with Crippen LogP contribution in [0.5, 0.6) is 5.75 Å². The number of ether oxygens (including phenoxy) is 1. The molecule has 4 amide bonds. The number of halogens is 1. The van der Waals surface area contributed by atoms with Crippen LogP contribution in [0.15, 0.2) is 54.1 Å². The first kappa shape index (κ1) is 16.7. The number of urea groups is 1. The van der Waals surface area contributed by atoms with Gasteiger partial charge in [-0.05, 0) is 48.0 Å². The maximum absolute atomic E-state index is 12.7. The lowest BCUT2D eigenvalue weighted by Crippen LogP contribution is -2.54. The van der Waals surface area contributed by atoms with Crippen molar-refractivity contribution in [1.29, 1.82) is 0 Å². The number of amides is 4. The van der Waals surface area contributed by atoms with E-state index in [1.807, 2.05) is 0 Å². The monoisotopic (exact) mass is 356 g/mol. The number of nitrogens with one attached hydrogen (secondary N) is 1. The van der Waals surface area contributed by atoms with Crippen LogP contribution >= 0.6 is 11.6 Å². The molecule has 1 aliphatic heterocycles. The Balaban J connectivity index is 2.00. The number of imide groups is 2. The Morgan fingerprint density at radius 2 is 1.80 bits per heavy atom. The summed E-state index contributed by atoms with van der Waals surface area (Å²) in [6.07, 6.45) is 1.41. The normalized spacial score (nSPS) is 16.2. The number of methoxy groups -OCH3 is 1. The molecule has 6 nitrogen and oxygen atoms in total. The van der Waals surface area contributed by atoms with Crippen LogP contribution in [0.2, 0.25) is 5.02 Å². The zero-order valence-corrected chi connectivity index (χ0v) is 13.9. The van der Waals surface area contributed by atoms with Crippen molar-refractivity contribution in [2.24, 2.45) is 0 Å². The summed E-state index contributed by atoms with van der Waals surface area (Å²) in [4.78, 5) is 37.8. The van der Waals surface area contributed by atoms with Gasteiger partial charge in [0.15, 0.2) is 0 Å². The van der Waals surface area contributed by atoms with Gasteiger partial charge in [0, 0.05) is 5.02 Å². The molecular weight excluding hydrogens is 344 g/mol. The van der Waals surface area contributed by atoms with E-state index >= 15 is 0 Å². The Labute approximate surface area is 148 Å². The highest BCUT2D eigenvalue weighted by molar-refractivity contribution is 6.39. The smallest absolute Gasteiger partial charge is 0.335 e. The van der Waals surface area contributed by atoms with Crippen LogP contribution in [0.1, 0.15) is 5.56 Å². The first-order valence-electron chi connectivity index (χ1n) is 7.30. The van der Waals surface area contributed by atoms with Gasteiger partial charge in [-0.15, -0.1) is 0 Å². The summed E-state index contributed by atoms with van der Waals surface area (Å²) >= 11 is 5.83. The fourth-order valence-corrected chi connectivity index (χ4v) is 2.51. The largest absolute Gasteiger partial charge is 0.497 e. The number of carbonyl (C=O) groups is 3. The third-order valence-corrected chi connectivity index (χ3v) is 3.84. The molecule has 0 aliphatic carbocycles. The standard InChI is InChI=1S/C18H13ClN2O4/c1-25-14-4-2-3-11(9-14)10-15-16(22)20-18(24)21(17(15)23)13-7-5-12(19)6-8-13/h2-10H,1H3,(H,20,22,24)/b15-10+. The van der Waals surface area contributed by atoms with Crippen LogP contribution < -0.4 is 15.0 Å². The van der Waals surface area contributed by atoms with E-state index in [2.05, 4.69) is 5.32 Å². The zero-order valence-electron chi connectivity index (χ0n) is 13.2. The lowest BCUT2D eigenvalue weighted by molar-refractivity contribution is -0.122. The highest BCUT2D eigenvalue weighted by Crippen LogP contribution is 2.24. The fourth-order valence-electron chi connectivity index (χ4n) is 2.38. The van der Waals surface area contributed by atoms with Crippen LogP contribution in [0, 0.1) is 0 Å². The quantitative estimate of drug-likeness (QED) is 0.677. The Kier molecular flexibility index (Phi) is 4.54. The molecule has 0 atom stereocenters. The molecule has 0 bridgehead atoms. The summed E-state index contributed by atoms with van der Waals surface area (Å²) < 4.78 is 5.12. The van der Waals surface area contributed by atoms with Crippen LogP contribution in [0.25, 0.3) is 6.08 Å². The van der Waals surface area contributed by atoms with Crippen LogP contribution in [0.3, 0.4) is 0 Å². The van der Waals surface area contributed by atoms with E-state index in [9.17, 15) is 14.4 Å². The van der Waals surface area contributed by atoms with Crippen molar-refractivity contribution in [1.82, 2.24) is 5.32 Å². The number of hydrogen-bond acceptors (Lipinski definition) is 4.